The van der Waals surface area contributed by atoms with Crippen molar-refractivity contribution < 1.29 is 28.8 Å². The number of rotatable bonds is 5. The van der Waals surface area contributed by atoms with Crippen LogP contribution in [0.5, 0.6) is 0 Å². The first-order valence-corrected chi connectivity index (χ1v) is 4.64. The second-order valence-corrected chi connectivity index (χ2v) is 3.24. The maximum atomic E-state index is 11.1. The van der Waals surface area contributed by atoms with Gasteiger partial charge in [0.2, 0.25) is 0 Å². The van der Waals surface area contributed by atoms with Gasteiger partial charge in [-0.1, -0.05) is 0 Å². The first-order chi connectivity index (χ1) is 7.50. The maximum Gasteiger partial charge on any atom is 0.358 e. The van der Waals surface area contributed by atoms with Gasteiger partial charge in [-0.3, -0.25) is 14.4 Å². The zero-order valence-electron chi connectivity index (χ0n) is 8.73. The summed E-state index contributed by atoms with van der Waals surface area (Å²) in [6, 6.07) is 0. The molecule has 0 atom stereocenters. The van der Waals surface area contributed by atoms with E-state index in [2.05, 4.69) is 9.57 Å². The third-order valence-corrected chi connectivity index (χ3v) is 1.72. The van der Waals surface area contributed by atoms with Gasteiger partial charge in [0.1, 0.15) is 13.2 Å². The zero-order valence-corrected chi connectivity index (χ0v) is 8.73. The molecule has 1 fully saturated rings. The minimum atomic E-state index is -0.884. The molecule has 7 nitrogen and oxygen atoms in total. The molecule has 2 amide bonds. The Morgan fingerprint density at radius 3 is 2.25 bits per heavy atom. The highest BCUT2D eigenvalue weighted by Gasteiger charge is 2.32. The van der Waals surface area contributed by atoms with E-state index in [4.69, 9.17) is 0 Å². The molecule has 88 valence electrons. The van der Waals surface area contributed by atoms with Crippen LogP contribution in [0.4, 0.5) is 0 Å². The van der Waals surface area contributed by atoms with Crippen LogP contribution in [0.15, 0.2) is 0 Å². The Hall–Kier alpha value is -1.76. The van der Waals surface area contributed by atoms with E-state index in [9.17, 15) is 19.2 Å². The molecule has 0 saturated carbocycles. The summed E-state index contributed by atoms with van der Waals surface area (Å²) < 4.78 is 4.66. The summed E-state index contributed by atoms with van der Waals surface area (Å²) in [5, 5.41) is 0.430. The number of ketones is 1. The molecular weight excluding hydrogens is 218 g/mol. The third kappa shape index (κ3) is 3.43. The number of ether oxygens (including phenoxy) is 1. The third-order valence-electron chi connectivity index (χ3n) is 1.72. The Morgan fingerprint density at radius 1 is 1.19 bits per heavy atom. The van der Waals surface area contributed by atoms with Crippen LogP contribution in [0.3, 0.4) is 0 Å². The minimum Gasteiger partial charge on any atom is -0.362 e. The molecule has 0 bridgehead atoms. The van der Waals surface area contributed by atoms with Gasteiger partial charge < -0.3 is 9.57 Å². The molecule has 0 aliphatic carbocycles. The Labute approximate surface area is 91.2 Å². The van der Waals surface area contributed by atoms with Crippen LogP contribution in [0.25, 0.3) is 0 Å². The van der Waals surface area contributed by atoms with Gasteiger partial charge in [0.05, 0.1) is 0 Å². The van der Waals surface area contributed by atoms with Gasteiger partial charge in [-0.15, -0.1) is 5.06 Å². The molecule has 7 heteroatoms. The van der Waals surface area contributed by atoms with E-state index in [0.717, 1.165) is 0 Å². The van der Waals surface area contributed by atoms with Crippen molar-refractivity contribution in [3.05, 3.63) is 0 Å². The van der Waals surface area contributed by atoms with Crippen LogP contribution in [0, 0.1) is 0 Å². The SMILES string of the molecule is CC(=O)COCC(=O)ON1C(=O)CCC1=O. The maximum absolute atomic E-state index is 11.1. The summed E-state index contributed by atoms with van der Waals surface area (Å²) in [7, 11) is 0. The fraction of sp³-hybridized carbons (Fsp3) is 0.556. The number of hydrogen-bond donors (Lipinski definition) is 0. The number of imide groups is 1. The number of Topliss-reactive ketones (excluding diaryl/α,β-unsaturated/α-hetero) is 1. The van der Waals surface area contributed by atoms with Gasteiger partial charge in [-0.25, -0.2) is 4.79 Å². The topological polar surface area (TPSA) is 90.0 Å². The molecule has 1 heterocycles. The summed E-state index contributed by atoms with van der Waals surface area (Å²) in [5.41, 5.74) is 0. The van der Waals surface area contributed by atoms with Crippen molar-refractivity contribution >= 4 is 23.6 Å². The van der Waals surface area contributed by atoms with Gasteiger partial charge in [-0.2, -0.15) is 0 Å². The number of nitrogens with zero attached hydrogens (tertiary/aromatic N) is 1. The molecule has 0 aromatic heterocycles. The first kappa shape index (κ1) is 12.3. The molecule has 0 radical (unpaired) electrons. The highest BCUT2D eigenvalue weighted by molar-refractivity contribution is 6.01. The van der Waals surface area contributed by atoms with Crippen LogP contribution < -0.4 is 0 Å². The lowest BCUT2D eigenvalue weighted by molar-refractivity contribution is -0.200. The number of carbonyl (C=O) groups excluding carboxylic acids is 4. The van der Waals surface area contributed by atoms with E-state index < -0.39 is 24.4 Å². The van der Waals surface area contributed by atoms with E-state index >= 15 is 0 Å². The fourth-order valence-electron chi connectivity index (χ4n) is 1.06. The molecule has 0 unspecified atom stereocenters. The second-order valence-electron chi connectivity index (χ2n) is 3.24. The summed E-state index contributed by atoms with van der Waals surface area (Å²) >= 11 is 0. The van der Waals surface area contributed by atoms with E-state index in [1.54, 1.807) is 0 Å². The Bertz CT molecular complexity index is 321. The van der Waals surface area contributed by atoms with Crippen LogP contribution in [-0.4, -0.2) is 41.8 Å². The summed E-state index contributed by atoms with van der Waals surface area (Å²) in [5.74, 6) is -2.22. The predicted octanol–water partition coefficient (Wildman–Crippen LogP) is -0.801. The monoisotopic (exact) mass is 229 g/mol. The number of amides is 2. The highest BCUT2D eigenvalue weighted by Crippen LogP contribution is 2.11. The molecule has 0 spiro atoms. The van der Waals surface area contributed by atoms with Gasteiger partial charge in [0.15, 0.2) is 5.78 Å². The minimum absolute atomic E-state index is 0.0421. The zero-order chi connectivity index (χ0) is 12.1. The van der Waals surface area contributed by atoms with E-state index in [1.807, 2.05) is 0 Å². The average Bonchev–Trinajstić information content (AvgIpc) is 2.49. The molecule has 0 aromatic rings. The van der Waals surface area contributed by atoms with Crippen LogP contribution >= 0.6 is 0 Å². The molecule has 1 aliphatic rings. The van der Waals surface area contributed by atoms with Crippen LogP contribution in [0.1, 0.15) is 19.8 Å². The lowest BCUT2D eigenvalue weighted by atomic mass is 10.4. The van der Waals surface area contributed by atoms with Crippen molar-refractivity contribution in [2.75, 3.05) is 13.2 Å². The Morgan fingerprint density at radius 2 is 1.75 bits per heavy atom. The largest absolute Gasteiger partial charge is 0.362 e. The summed E-state index contributed by atoms with van der Waals surface area (Å²) in [6.07, 6.45) is 0.0842. The molecule has 0 N–H and O–H groups in total. The van der Waals surface area contributed by atoms with Crippen molar-refractivity contribution in [2.45, 2.75) is 19.8 Å². The lowest BCUT2D eigenvalue weighted by Gasteiger charge is -2.12. The molecular formula is C9H11NO6. The van der Waals surface area contributed by atoms with E-state index in [-0.39, 0.29) is 25.2 Å². The Balaban J connectivity index is 2.31. The van der Waals surface area contributed by atoms with Gasteiger partial charge in [-0.05, 0) is 6.92 Å². The molecule has 1 saturated heterocycles. The average molecular weight is 229 g/mol. The summed E-state index contributed by atoms with van der Waals surface area (Å²) in [4.78, 5) is 48.1. The van der Waals surface area contributed by atoms with Gasteiger partial charge >= 0.3 is 5.97 Å². The normalized spacial score (nSPS) is 15.4. The fourth-order valence-corrected chi connectivity index (χ4v) is 1.06. The van der Waals surface area contributed by atoms with Crippen molar-refractivity contribution in [3.8, 4) is 0 Å². The van der Waals surface area contributed by atoms with Crippen LogP contribution in [-0.2, 0) is 28.8 Å². The van der Waals surface area contributed by atoms with Crippen molar-refractivity contribution in [2.24, 2.45) is 0 Å². The van der Waals surface area contributed by atoms with Crippen molar-refractivity contribution in [1.29, 1.82) is 0 Å². The first-order valence-electron chi connectivity index (χ1n) is 4.64. The molecule has 1 rings (SSSR count). The van der Waals surface area contributed by atoms with E-state index in [0.29, 0.717) is 5.06 Å². The van der Waals surface area contributed by atoms with Gasteiger partial charge in [0, 0.05) is 12.8 Å². The number of carbonyl (C=O) groups is 4. The molecule has 0 aromatic carbocycles. The highest BCUT2D eigenvalue weighted by atomic mass is 16.7. The van der Waals surface area contributed by atoms with Crippen molar-refractivity contribution in [1.82, 2.24) is 5.06 Å². The quantitative estimate of drug-likeness (QED) is 0.573. The van der Waals surface area contributed by atoms with Crippen LogP contribution in [0.2, 0.25) is 0 Å². The standard InChI is InChI=1S/C9H11NO6/c1-6(11)4-15-5-9(14)16-10-7(12)2-3-8(10)13/h2-5H2,1H3. The van der Waals surface area contributed by atoms with Crippen molar-refractivity contribution in [3.63, 3.8) is 0 Å². The number of hydroxylamine groups is 2. The molecule has 16 heavy (non-hydrogen) atoms. The second kappa shape index (κ2) is 5.36. The predicted molar refractivity (Wildman–Crippen MR) is 48.7 cm³/mol. The lowest BCUT2D eigenvalue weighted by Crippen LogP contribution is -2.33. The van der Waals surface area contributed by atoms with E-state index in [1.165, 1.54) is 6.92 Å². The number of hydrogen-bond acceptors (Lipinski definition) is 6. The van der Waals surface area contributed by atoms with Gasteiger partial charge in [0.25, 0.3) is 11.8 Å². The summed E-state index contributed by atoms with van der Waals surface area (Å²) in [6.45, 7) is 0.618. The molecule has 1 aliphatic heterocycles. The Kier molecular flexibility index (Phi) is 4.12. The smallest absolute Gasteiger partial charge is 0.358 e.